The van der Waals surface area contributed by atoms with Crippen LogP contribution in [0.4, 0.5) is 18.9 Å². The second kappa shape index (κ2) is 8.23. The van der Waals surface area contributed by atoms with Gasteiger partial charge in [-0.2, -0.15) is 13.2 Å². The molecule has 0 N–H and O–H groups in total. The molecule has 0 radical (unpaired) electrons. The molecule has 10 heteroatoms. The summed E-state index contributed by atoms with van der Waals surface area (Å²) in [6.07, 6.45) is -4.70. The molecule has 0 amide bonds. The first-order valence-corrected chi connectivity index (χ1v) is 9.37. The van der Waals surface area contributed by atoms with Gasteiger partial charge in [0.25, 0.3) is 5.69 Å². The van der Waals surface area contributed by atoms with E-state index >= 15 is 0 Å². The predicted molar refractivity (Wildman–Crippen MR) is 104 cm³/mol. The Balaban J connectivity index is 2.10. The molecule has 0 saturated carbocycles. The molecule has 6 nitrogen and oxygen atoms in total. The largest absolute Gasteiger partial charge is 0.433 e. The average molecular weight is 433 g/mol. The van der Waals surface area contributed by atoms with E-state index in [-0.39, 0.29) is 27.0 Å². The summed E-state index contributed by atoms with van der Waals surface area (Å²) in [5, 5.41) is 10.7. The van der Waals surface area contributed by atoms with Crippen LogP contribution in [0.25, 0.3) is 11.3 Å². The lowest BCUT2D eigenvalue weighted by atomic mass is 10.1. The lowest BCUT2D eigenvalue weighted by molar-refractivity contribution is -0.384. The van der Waals surface area contributed by atoms with Crippen molar-refractivity contribution < 1.29 is 22.9 Å². The third kappa shape index (κ3) is 4.82. The topological polar surface area (TPSA) is 86.0 Å². The Kier molecular flexibility index (Phi) is 5.88. The molecule has 0 aliphatic heterocycles. The Bertz CT molecular complexity index is 1130. The standard InChI is InChI=1S/C20H14F3N3O3S/c1-11-3-5-13(6-4-11)16-10-18(20(21,22)23)25-19(24-16)30-17-8-7-14(26(28)29)9-15(17)12(2)27/h3-10H,1-2H3. The molecule has 0 aliphatic carbocycles. The van der Waals surface area contributed by atoms with Crippen molar-refractivity contribution in [3.63, 3.8) is 0 Å². The number of benzene rings is 2. The van der Waals surface area contributed by atoms with E-state index in [9.17, 15) is 28.1 Å². The van der Waals surface area contributed by atoms with Crippen LogP contribution in [0, 0.1) is 17.0 Å². The monoisotopic (exact) mass is 433 g/mol. The fourth-order valence-corrected chi connectivity index (χ4v) is 3.52. The summed E-state index contributed by atoms with van der Waals surface area (Å²) < 4.78 is 40.2. The number of carbonyl (C=O) groups excluding carboxylic acids is 1. The molecule has 30 heavy (non-hydrogen) atoms. The Labute approximate surface area is 173 Å². The summed E-state index contributed by atoms with van der Waals surface area (Å²) in [5.41, 5.74) is 0.0798. The van der Waals surface area contributed by atoms with Crippen molar-refractivity contribution in [3.05, 3.63) is 75.5 Å². The fraction of sp³-hybridized carbons (Fsp3) is 0.150. The van der Waals surface area contributed by atoms with E-state index in [2.05, 4.69) is 9.97 Å². The number of halogens is 3. The van der Waals surface area contributed by atoms with E-state index in [1.807, 2.05) is 6.92 Å². The molecule has 0 bridgehead atoms. The van der Waals surface area contributed by atoms with Crippen LogP contribution >= 0.6 is 11.8 Å². The summed E-state index contributed by atoms with van der Waals surface area (Å²) in [6.45, 7) is 3.07. The van der Waals surface area contributed by atoms with Gasteiger partial charge in [0.15, 0.2) is 10.9 Å². The highest BCUT2D eigenvalue weighted by atomic mass is 32.2. The first kappa shape index (κ1) is 21.4. The van der Waals surface area contributed by atoms with Gasteiger partial charge >= 0.3 is 6.18 Å². The number of carbonyl (C=O) groups is 1. The van der Waals surface area contributed by atoms with Crippen molar-refractivity contribution in [2.45, 2.75) is 30.1 Å². The molecule has 0 fully saturated rings. The van der Waals surface area contributed by atoms with Crippen LogP contribution in [0.2, 0.25) is 0 Å². The lowest BCUT2D eigenvalue weighted by Crippen LogP contribution is -2.10. The maximum absolute atomic E-state index is 13.4. The molecule has 0 aliphatic rings. The number of aromatic nitrogens is 2. The van der Waals surface area contributed by atoms with Crippen LogP contribution in [-0.4, -0.2) is 20.7 Å². The summed E-state index contributed by atoms with van der Waals surface area (Å²) >= 11 is 0.740. The molecular formula is C20H14F3N3O3S. The fourth-order valence-electron chi connectivity index (χ4n) is 2.58. The molecule has 0 atom stereocenters. The molecule has 154 valence electrons. The Morgan fingerprint density at radius 1 is 1.07 bits per heavy atom. The van der Waals surface area contributed by atoms with Crippen molar-refractivity contribution in [2.24, 2.45) is 0 Å². The molecular weight excluding hydrogens is 419 g/mol. The van der Waals surface area contributed by atoms with Gasteiger partial charge in [-0.25, -0.2) is 9.97 Å². The van der Waals surface area contributed by atoms with E-state index < -0.39 is 22.6 Å². The highest BCUT2D eigenvalue weighted by molar-refractivity contribution is 7.99. The number of ketones is 1. The zero-order valence-corrected chi connectivity index (χ0v) is 16.5. The Morgan fingerprint density at radius 2 is 1.73 bits per heavy atom. The quantitative estimate of drug-likeness (QED) is 0.221. The van der Waals surface area contributed by atoms with E-state index in [0.29, 0.717) is 5.56 Å². The first-order chi connectivity index (χ1) is 14.0. The van der Waals surface area contributed by atoms with Gasteiger partial charge in [0.2, 0.25) is 0 Å². The van der Waals surface area contributed by atoms with Gasteiger partial charge in [-0.15, -0.1) is 0 Å². The van der Waals surface area contributed by atoms with Crippen LogP contribution < -0.4 is 0 Å². The molecule has 3 rings (SSSR count). The summed E-state index contributed by atoms with van der Waals surface area (Å²) in [4.78, 5) is 30.2. The molecule has 0 saturated heterocycles. The van der Waals surface area contributed by atoms with Crippen molar-refractivity contribution in [3.8, 4) is 11.3 Å². The average Bonchev–Trinajstić information content (AvgIpc) is 2.67. The summed E-state index contributed by atoms with van der Waals surface area (Å²) in [6, 6.07) is 11.2. The number of non-ortho nitro benzene ring substituents is 1. The number of rotatable bonds is 5. The minimum atomic E-state index is -4.70. The van der Waals surface area contributed by atoms with Gasteiger partial charge in [-0.3, -0.25) is 14.9 Å². The number of Topliss-reactive ketones (excluding diaryl/α,β-unsaturated/α-hetero) is 1. The van der Waals surface area contributed by atoms with Crippen LogP contribution in [0.5, 0.6) is 0 Å². The smallest absolute Gasteiger partial charge is 0.294 e. The maximum Gasteiger partial charge on any atom is 0.433 e. The van der Waals surface area contributed by atoms with Gasteiger partial charge in [-0.1, -0.05) is 29.8 Å². The molecule has 1 heterocycles. The predicted octanol–water partition coefficient (Wildman–Crippen LogP) is 5.73. The minimum Gasteiger partial charge on any atom is -0.294 e. The number of alkyl halides is 3. The normalized spacial score (nSPS) is 11.4. The third-order valence-electron chi connectivity index (χ3n) is 4.10. The lowest BCUT2D eigenvalue weighted by Gasteiger charge is -2.11. The zero-order valence-electron chi connectivity index (χ0n) is 15.7. The number of nitro benzene ring substituents is 1. The minimum absolute atomic E-state index is 0.00657. The molecule has 3 aromatic rings. The number of hydrogen-bond acceptors (Lipinski definition) is 6. The molecule has 0 unspecified atom stereocenters. The van der Waals surface area contributed by atoms with E-state index in [1.165, 1.54) is 19.1 Å². The highest BCUT2D eigenvalue weighted by Gasteiger charge is 2.34. The Hall–Kier alpha value is -3.27. The van der Waals surface area contributed by atoms with Gasteiger partial charge < -0.3 is 0 Å². The van der Waals surface area contributed by atoms with Crippen molar-refractivity contribution >= 4 is 23.2 Å². The zero-order chi connectivity index (χ0) is 22.1. The number of nitro groups is 1. The van der Waals surface area contributed by atoms with Gasteiger partial charge in [0.05, 0.1) is 10.6 Å². The highest BCUT2D eigenvalue weighted by Crippen LogP contribution is 2.36. The third-order valence-corrected chi connectivity index (χ3v) is 5.04. The maximum atomic E-state index is 13.4. The number of aryl methyl sites for hydroxylation is 1. The van der Waals surface area contributed by atoms with Crippen LogP contribution in [0.1, 0.15) is 28.5 Å². The van der Waals surface area contributed by atoms with Gasteiger partial charge in [-0.05, 0) is 37.7 Å². The molecule has 1 aromatic heterocycles. The SMILES string of the molecule is CC(=O)c1cc([N+](=O)[O-])ccc1Sc1nc(-c2ccc(C)cc2)cc(C(F)(F)F)n1. The van der Waals surface area contributed by atoms with E-state index in [1.54, 1.807) is 24.3 Å². The number of hydrogen-bond donors (Lipinski definition) is 0. The summed E-state index contributed by atoms with van der Waals surface area (Å²) in [7, 11) is 0. The second-order valence-corrected chi connectivity index (χ2v) is 7.39. The number of nitrogens with zero attached hydrogens (tertiary/aromatic N) is 3. The van der Waals surface area contributed by atoms with Gasteiger partial charge in [0.1, 0.15) is 5.69 Å². The first-order valence-electron chi connectivity index (χ1n) is 8.55. The van der Waals surface area contributed by atoms with Crippen molar-refractivity contribution in [2.75, 3.05) is 0 Å². The Morgan fingerprint density at radius 3 is 2.30 bits per heavy atom. The van der Waals surface area contributed by atoms with E-state index in [4.69, 9.17) is 0 Å². The van der Waals surface area contributed by atoms with Gasteiger partial charge in [0, 0.05) is 28.2 Å². The van der Waals surface area contributed by atoms with Crippen LogP contribution in [0.3, 0.4) is 0 Å². The van der Waals surface area contributed by atoms with Crippen molar-refractivity contribution in [1.29, 1.82) is 0 Å². The van der Waals surface area contributed by atoms with E-state index in [0.717, 1.165) is 29.5 Å². The van der Waals surface area contributed by atoms with Crippen LogP contribution in [0.15, 0.2) is 58.6 Å². The second-order valence-electron chi connectivity index (χ2n) is 6.38. The molecule has 2 aromatic carbocycles. The summed E-state index contributed by atoms with van der Waals surface area (Å²) in [5.74, 6) is -0.466. The molecule has 0 spiro atoms. The van der Waals surface area contributed by atoms with Crippen LogP contribution in [-0.2, 0) is 6.18 Å². The van der Waals surface area contributed by atoms with Crippen molar-refractivity contribution in [1.82, 2.24) is 9.97 Å².